The lowest BCUT2D eigenvalue weighted by molar-refractivity contribution is 1.57. The van der Waals surface area contributed by atoms with Crippen molar-refractivity contribution in [2.75, 3.05) is 4.93 Å². The molecule has 0 amide bonds. The van der Waals surface area contributed by atoms with Crippen molar-refractivity contribution in [3.8, 4) is 5.40 Å². The zero-order chi connectivity index (χ0) is 4.83. The third-order valence-corrected chi connectivity index (χ3v) is 2.21. The second-order valence-electron chi connectivity index (χ2n) is 0.421. The third-order valence-electron chi connectivity index (χ3n) is 0.144. The maximum absolute atomic E-state index is 7.83. The first-order valence-corrected chi connectivity index (χ1v) is 5.05. The van der Waals surface area contributed by atoms with E-state index in [2.05, 4.69) is 2.55 Å². The van der Waals surface area contributed by atoms with Crippen LogP contribution in [0.3, 0.4) is 0 Å². The van der Waals surface area contributed by atoms with Gasteiger partial charge in [-0.25, -0.2) is 0 Å². The van der Waals surface area contributed by atoms with Gasteiger partial charge in [-0.05, 0) is 0 Å². The summed E-state index contributed by atoms with van der Waals surface area (Å²) < 4.78 is 3.76. The number of rotatable bonds is 1. The van der Waals surface area contributed by atoms with Crippen LogP contribution in [0.1, 0.15) is 0 Å². The molecule has 0 rings (SSSR count). The zero-order valence-electron chi connectivity index (χ0n) is 3.18. The van der Waals surface area contributed by atoms with Gasteiger partial charge in [-0.15, -0.1) is 0 Å². The highest BCUT2D eigenvalue weighted by Crippen LogP contribution is 2.05. The molecule has 0 spiro atoms. The lowest BCUT2D eigenvalue weighted by Crippen LogP contribution is -1.28. The smallest absolute Gasteiger partial charge is 0.158 e. The molecule has 2 nitrogen and oxygen atoms in total. The summed E-state index contributed by atoms with van der Waals surface area (Å²) in [7, 11) is 0. The molecule has 0 N–H and O–H groups in total. The van der Waals surface area contributed by atoms with Gasteiger partial charge in [0.25, 0.3) is 0 Å². The van der Waals surface area contributed by atoms with E-state index in [1.54, 1.807) is 0 Å². The Morgan fingerprint density at radius 1 is 2.00 bits per heavy atom. The second kappa shape index (κ2) is 5.37. The molecule has 0 atom stereocenters. The van der Waals surface area contributed by atoms with Gasteiger partial charge in [-0.3, -0.25) is 0 Å². The van der Waals surface area contributed by atoms with E-state index in [-0.39, 0.29) is 21.0 Å². The minimum absolute atomic E-state index is 0.0335. The predicted octanol–water partition coefficient (Wildman–Crippen LogP) is 1.90. The Morgan fingerprint density at radius 3 is 2.83 bits per heavy atom. The van der Waals surface area contributed by atoms with Gasteiger partial charge in [-0.2, -0.15) is 7.81 Å². The Hall–Kier alpha value is 0.370. The number of hydrogen-bond acceptors (Lipinski definition) is 3. The van der Waals surface area contributed by atoms with Crippen LogP contribution >= 0.6 is 33.0 Å². The molecule has 0 aliphatic rings. The van der Waals surface area contributed by atoms with Crippen LogP contribution in [0.5, 0.6) is 0 Å². The summed E-state index contributed by atoms with van der Waals surface area (Å²) >= 11 is 0.954. The minimum atomic E-state index is -0.0335. The lowest BCUT2D eigenvalue weighted by Gasteiger charge is -1.62. The molecule has 0 saturated carbocycles. The summed E-state index contributed by atoms with van der Waals surface area (Å²) in [6, 6.07) is 0. The van der Waals surface area contributed by atoms with Crippen molar-refractivity contribution in [2.24, 2.45) is 2.55 Å². The van der Waals surface area contributed by atoms with Gasteiger partial charge in [0.2, 0.25) is 0 Å². The molecular formula is C2H3IN2S. The number of nitrogens with zero attached hydrogens (tertiary/aromatic N) is 2. The van der Waals surface area contributed by atoms with Crippen molar-refractivity contribution in [3.05, 3.63) is 0 Å². The normalized spacial score (nSPS) is 10.0. The molecule has 4 heteroatoms. The molecule has 0 aliphatic heterocycles. The highest BCUT2D eigenvalue weighted by Gasteiger charge is 1.63. The van der Waals surface area contributed by atoms with Crippen LogP contribution in [0.25, 0.3) is 0 Å². The first-order valence-electron chi connectivity index (χ1n) is 1.16. The fourth-order valence-corrected chi connectivity index (χ4v) is 1.00. The lowest BCUT2D eigenvalue weighted by atomic mass is 11.8. The SMILES string of the molecule is CI=NSC#N. The van der Waals surface area contributed by atoms with E-state index in [1.165, 1.54) is 0 Å². The van der Waals surface area contributed by atoms with Crippen LogP contribution in [0.15, 0.2) is 2.55 Å². The van der Waals surface area contributed by atoms with E-state index in [0.717, 1.165) is 11.9 Å². The Kier molecular flexibility index (Phi) is 5.70. The van der Waals surface area contributed by atoms with E-state index < -0.39 is 0 Å². The van der Waals surface area contributed by atoms with Gasteiger partial charge in [0.1, 0.15) is 0 Å². The molecule has 34 valence electrons. The van der Waals surface area contributed by atoms with Gasteiger partial charge in [0.05, 0.1) is 11.9 Å². The van der Waals surface area contributed by atoms with Crippen LogP contribution in [-0.2, 0) is 0 Å². The molecule has 0 saturated heterocycles. The molecule has 0 bridgehead atoms. The second-order valence-corrected chi connectivity index (χ2v) is 3.07. The van der Waals surface area contributed by atoms with Crippen LogP contribution in [-0.4, -0.2) is 4.93 Å². The maximum atomic E-state index is 7.83. The minimum Gasteiger partial charge on any atom is -0.183 e. The Morgan fingerprint density at radius 2 is 2.67 bits per heavy atom. The van der Waals surface area contributed by atoms with E-state index in [0.29, 0.717) is 0 Å². The summed E-state index contributed by atoms with van der Waals surface area (Å²) in [5.41, 5.74) is 0. The number of thiocyanates is 1. The third kappa shape index (κ3) is 4.37. The standard InChI is InChI=1S/C2H3IN2S/c1-3-5-6-2-4/h1H3. The number of alkyl halides is 1. The summed E-state index contributed by atoms with van der Waals surface area (Å²) in [4.78, 5) is 2.00. The summed E-state index contributed by atoms with van der Waals surface area (Å²) in [5.74, 6) is 0. The zero-order valence-corrected chi connectivity index (χ0v) is 6.15. The molecule has 0 aromatic carbocycles. The molecule has 0 radical (unpaired) electrons. The molecular weight excluding hydrogens is 211 g/mol. The highest BCUT2D eigenvalue weighted by molar-refractivity contribution is 14.2. The van der Waals surface area contributed by atoms with E-state index in [4.69, 9.17) is 5.26 Å². The number of nitriles is 1. The topological polar surface area (TPSA) is 36.1 Å². The Balaban J connectivity index is 2.92. The van der Waals surface area contributed by atoms with E-state index in [9.17, 15) is 0 Å². The van der Waals surface area contributed by atoms with Crippen molar-refractivity contribution < 1.29 is 0 Å². The molecule has 0 aliphatic carbocycles. The fourth-order valence-electron chi connectivity index (χ4n) is 0.0499. The summed E-state index contributed by atoms with van der Waals surface area (Å²) in [5, 5.41) is 9.68. The largest absolute Gasteiger partial charge is 0.183 e. The molecule has 0 heterocycles. The first kappa shape index (κ1) is 6.37. The van der Waals surface area contributed by atoms with Gasteiger partial charge in [0, 0.05) is 26.0 Å². The molecule has 6 heavy (non-hydrogen) atoms. The monoisotopic (exact) mass is 214 g/mol. The van der Waals surface area contributed by atoms with Crippen molar-refractivity contribution in [3.63, 3.8) is 0 Å². The summed E-state index contributed by atoms with van der Waals surface area (Å²) in [6.45, 7) is 0. The molecule has 0 unspecified atom stereocenters. The Labute approximate surface area is 51.2 Å². The van der Waals surface area contributed by atoms with Gasteiger partial charge < -0.3 is 0 Å². The van der Waals surface area contributed by atoms with Crippen LogP contribution in [0.4, 0.5) is 0 Å². The average molecular weight is 214 g/mol. The average Bonchev–Trinajstić information content (AvgIpc) is 1.61. The van der Waals surface area contributed by atoms with Crippen molar-refractivity contribution in [1.29, 1.82) is 5.26 Å². The van der Waals surface area contributed by atoms with Gasteiger partial charge in [-0.1, -0.05) is 0 Å². The first-order chi connectivity index (χ1) is 2.91. The van der Waals surface area contributed by atoms with Crippen molar-refractivity contribution in [1.82, 2.24) is 0 Å². The van der Waals surface area contributed by atoms with Crippen molar-refractivity contribution >= 4 is 33.0 Å². The van der Waals surface area contributed by atoms with Crippen LogP contribution in [0, 0.1) is 10.7 Å². The molecule has 0 fully saturated rings. The molecule has 0 aromatic rings. The Bertz CT molecular complexity index is 84.0. The van der Waals surface area contributed by atoms with Crippen LogP contribution < -0.4 is 0 Å². The number of halogens is 1. The van der Waals surface area contributed by atoms with Gasteiger partial charge in [0.15, 0.2) is 5.40 Å². The maximum Gasteiger partial charge on any atom is 0.158 e. The predicted molar refractivity (Wildman–Crippen MR) is 35.6 cm³/mol. The van der Waals surface area contributed by atoms with E-state index >= 15 is 0 Å². The fraction of sp³-hybridized carbons (Fsp3) is 0.500. The van der Waals surface area contributed by atoms with Crippen molar-refractivity contribution in [2.45, 2.75) is 0 Å². The summed E-state index contributed by atoms with van der Waals surface area (Å²) in [6.07, 6.45) is 0. The quantitative estimate of drug-likeness (QED) is 0.289. The highest BCUT2D eigenvalue weighted by atomic mass is 127. The van der Waals surface area contributed by atoms with Crippen LogP contribution in [0.2, 0.25) is 0 Å². The van der Waals surface area contributed by atoms with Gasteiger partial charge >= 0.3 is 0 Å². The number of hydrogen-bond donors (Lipinski definition) is 0. The van der Waals surface area contributed by atoms with E-state index in [1.807, 2.05) is 10.3 Å². The molecule has 0 aromatic heterocycles.